The Bertz CT molecular complexity index is 808. The summed E-state index contributed by atoms with van der Waals surface area (Å²) in [6.45, 7) is 9.07. The third kappa shape index (κ3) is 2.56. The van der Waals surface area contributed by atoms with Crippen LogP contribution in [-0.4, -0.2) is 30.3 Å². The van der Waals surface area contributed by atoms with Crippen LogP contribution in [0.5, 0.6) is 0 Å². The lowest BCUT2D eigenvalue weighted by Gasteiger charge is -2.30. The van der Waals surface area contributed by atoms with Crippen LogP contribution in [0.15, 0.2) is 48.5 Å². The molecule has 1 aliphatic heterocycles. The number of benzene rings is 2. The van der Waals surface area contributed by atoms with Crippen LogP contribution < -0.4 is 5.32 Å². The van der Waals surface area contributed by atoms with E-state index in [-0.39, 0.29) is 17.7 Å². The monoisotopic (exact) mass is 350 g/mol. The summed E-state index contributed by atoms with van der Waals surface area (Å²) in [5, 5.41) is 3.72. The van der Waals surface area contributed by atoms with Crippen LogP contribution in [0.1, 0.15) is 38.8 Å². The Kier molecular flexibility index (Phi) is 3.94. The molecule has 4 rings (SSSR count). The van der Waals surface area contributed by atoms with Gasteiger partial charge < -0.3 is 4.74 Å². The molecule has 1 heterocycles. The highest BCUT2D eigenvalue weighted by molar-refractivity contribution is 5.81. The smallest absolute Gasteiger partial charge is 0.312 e. The lowest BCUT2D eigenvalue weighted by molar-refractivity contribution is -0.166. The second kappa shape index (κ2) is 5.93. The molecule has 4 nitrogen and oxygen atoms in total. The van der Waals surface area contributed by atoms with E-state index < -0.39 is 5.41 Å². The van der Waals surface area contributed by atoms with Crippen molar-refractivity contribution >= 4 is 5.97 Å². The number of ether oxygens (including phenoxy) is 1. The minimum Gasteiger partial charge on any atom is -0.446 e. The number of rotatable bonds is 2. The molecule has 0 radical (unpaired) electrons. The van der Waals surface area contributed by atoms with Crippen molar-refractivity contribution in [2.45, 2.75) is 39.5 Å². The summed E-state index contributed by atoms with van der Waals surface area (Å²) in [5.74, 6) is -0.168. The number of hydrogen-bond donors (Lipinski definition) is 1. The Labute approximate surface area is 155 Å². The Morgan fingerprint density at radius 3 is 2.15 bits per heavy atom. The van der Waals surface area contributed by atoms with Gasteiger partial charge in [-0.2, -0.15) is 0 Å². The number of fused-ring (bicyclic) bond motifs is 5. The highest BCUT2D eigenvalue weighted by atomic mass is 16.6. The third-order valence-electron chi connectivity index (χ3n) is 5.49. The normalized spacial score (nSPS) is 19.2. The highest BCUT2D eigenvalue weighted by Gasteiger charge is 2.48. The van der Waals surface area contributed by atoms with Crippen LogP contribution in [0.25, 0.3) is 11.1 Å². The summed E-state index contributed by atoms with van der Waals surface area (Å²) in [7, 11) is 0. The van der Waals surface area contributed by atoms with E-state index in [2.05, 4.69) is 58.7 Å². The van der Waals surface area contributed by atoms with Gasteiger partial charge in [-0.05, 0) is 49.9 Å². The van der Waals surface area contributed by atoms with Crippen LogP contribution in [-0.2, 0) is 15.1 Å². The highest BCUT2D eigenvalue weighted by Crippen LogP contribution is 2.49. The fourth-order valence-electron chi connectivity index (χ4n) is 4.00. The van der Waals surface area contributed by atoms with E-state index in [1.165, 1.54) is 22.3 Å². The van der Waals surface area contributed by atoms with Gasteiger partial charge in [0.15, 0.2) is 6.23 Å². The number of nitrogens with one attached hydrogen (secondary N) is 1. The van der Waals surface area contributed by atoms with Crippen molar-refractivity contribution in [3.05, 3.63) is 59.7 Å². The number of carbonyl (C=O) groups is 1. The Hall–Kier alpha value is -2.17. The molecule has 1 aliphatic carbocycles. The molecule has 26 heavy (non-hydrogen) atoms. The molecule has 0 saturated carbocycles. The van der Waals surface area contributed by atoms with Gasteiger partial charge in [0.05, 0.1) is 17.6 Å². The molecule has 2 aromatic rings. The van der Waals surface area contributed by atoms with Gasteiger partial charge in [-0.1, -0.05) is 48.5 Å². The fourth-order valence-corrected chi connectivity index (χ4v) is 4.00. The summed E-state index contributed by atoms with van der Waals surface area (Å²) in [4.78, 5) is 14.5. The lowest BCUT2D eigenvalue weighted by atomic mass is 9.88. The van der Waals surface area contributed by atoms with Crippen molar-refractivity contribution in [3.8, 4) is 11.1 Å². The first-order valence-corrected chi connectivity index (χ1v) is 9.22. The number of hydrogen-bond acceptors (Lipinski definition) is 4. The average molecular weight is 350 g/mol. The molecule has 1 N–H and O–H groups in total. The molecular weight excluding hydrogens is 324 g/mol. The summed E-state index contributed by atoms with van der Waals surface area (Å²) in [6.07, 6.45) is -0.270. The summed E-state index contributed by atoms with van der Waals surface area (Å²) >= 11 is 0. The van der Waals surface area contributed by atoms with Gasteiger partial charge in [0.1, 0.15) is 0 Å². The molecule has 0 bridgehead atoms. The second-order valence-electron chi connectivity index (χ2n) is 8.33. The minimum atomic E-state index is -0.494. The molecule has 1 unspecified atom stereocenters. The van der Waals surface area contributed by atoms with Gasteiger partial charge in [-0.3, -0.25) is 15.0 Å². The van der Waals surface area contributed by atoms with Crippen molar-refractivity contribution in [1.82, 2.24) is 10.2 Å². The topological polar surface area (TPSA) is 41.6 Å². The van der Waals surface area contributed by atoms with E-state index in [0.29, 0.717) is 6.67 Å². The fraction of sp³-hybridized carbons (Fsp3) is 0.409. The summed E-state index contributed by atoms with van der Waals surface area (Å²) in [6, 6.07) is 17.2. The molecule has 0 amide bonds. The second-order valence-corrected chi connectivity index (χ2v) is 8.33. The first-order valence-electron chi connectivity index (χ1n) is 9.22. The van der Waals surface area contributed by atoms with E-state index in [0.717, 1.165) is 6.54 Å². The maximum atomic E-state index is 12.3. The molecule has 4 heteroatoms. The van der Waals surface area contributed by atoms with E-state index in [9.17, 15) is 4.79 Å². The molecule has 2 aromatic carbocycles. The van der Waals surface area contributed by atoms with Crippen LogP contribution in [0, 0.1) is 5.41 Å². The molecule has 1 saturated heterocycles. The maximum Gasteiger partial charge on any atom is 0.312 e. The molecule has 1 atom stereocenters. The zero-order valence-corrected chi connectivity index (χ0v) is 15.9. The molecule has 2 aliphatic rings. The van der Waals surface area contributed by atoms with E-state index >= 15 is 0 Å². The van der Waals surface area contributed by atoms with Crippen LogP contribution in [0.4, 0.5) is 0 Å². The van der Waals surface area contributed by atoms with E-state index in [1.807, 2.05) is 27.7 Å². The van der Waals surface area contributed by atoms with Gasteiger partial charge in [0.2, 0.25) is 0 Å². The van der Waals surface area contributed by atoms with E-state index in [1.54, 1.807) is 0 Å². The van der Waals surface area contributed by atoms with Crippen molar-refractivity contribution in [1.29, 1.82) is 0 Å². The predicted molar refractivity (Wildman–Crippen MR) is 102 cm³/mol. The molecular formula is C22H26N2O2. The van der Waals surface area contributed by atoms with Crippen molar-refractivity contribution in [2.24, 2.45) is 5.41 Å². The van der Waals surface area contributed by atoms with Gasteiger partial charge in [-0.25, -0.2) is 0 Å². The zero-order chi connectivity index (χ0) is 18.5. The van der Waals surface area contributed by atoms with Gasteiger partial charge in [0.25, 0.3) is 0 Å². The number of nitrogens with zero attached hydrogens (tertiary/aromatic N) is 1. The van der Waals surface area contributed by atoms with Gasteiger partial charge >= 0.3 is 5.97 Å². The van der Waals surface area contributed by atoms with Gasteiger partial charge in [-0.15, -0.1) is 0 Å². The lowest BCUT2D eigenvalue weighted by Crippen LogP contribution is -2.40. The standard InChI is InChI=1S/C22H26N2O2/c1-15(26-20(25)21(2,3)4)24-13-22(23-14-24)18-11-7-5-9-16(18)17-10-6-8-12-19(17)22/h5-12,15,23H,13-14H2,1-4H3. The van der Waals surface area contributed by atoms with Crippen LogP contribution >= 0.6 is 0 Å². The summed E-state index contributed by atoms with van der Waals surface area (Å²) < 4.78 is 5.72. The maximum absolute atomic E-state index is 12.3. The quantitative estimate of drug-likeness (QED) is 0.839. The minimum absolute atomic E-state index is 0.168. The van der Waals surface area contributed by atoms with Crippen LogP contribution in [0.3, 0.4) is 0 Å². The van der Waals surface area contributed by atoms with Gasteiger partial charge in [0, 0.05) is 6.54 Å². The molecule has 136 valence electrons. The molecule has 0 aromatic heterocycles. The predicted octanol–water partition coefficient (Wildman–Crippen LogP) is 3.71. The Morgan fingerprint density at radius 2 is 1.62 bits per heavy atom. The average Bonchev–Trinajstić information content (AvgIpc) is 3.17. The zero-order valence-electron chi connectivity index (χ0n) is 15.9. The van der Waals surface area contributed by atoms with Crippen molar-refractivity contribution in [3.63, 3.8) is 0 Å². The Morgan fingerprint density at radius 1 is 1.08 bits per heavy atom. The largest absolute Gasteiger partial charge is 0.446 e. The number of esters is 1. The van der Waals surface area contributed by atoms with Crippen molar-refractivity contribution < 1.29 is 9.53 Å². The Balaban J connectivity index is 1.64. The van der Waals surface area contributed by atoms with Crippen molar-refractivity contribution in [2.75, 3.05) is 13.2 Å². The van der Waals surface area contributed by atoms with E-state index in [4.69, 9.17) is 4.74 Å². The summed E-state index contributed by atoms with van der Waals surface area (Å²) in [5.41, 5.74) is 4.45. The molecule has 1 fully saturated rings. The first-order chi connectivity index (χ1) is 12.3. The number of carbonyl (C=O) groups excluding carboxylic acids is 1. The van der Waals surface area contributed by atoms with Crippen LogP contribution in [0.2, 0.25) is 0 Å². The first kappa shape index (κ1) is 17.3. The molecule has 1 spiro atoms. The SMILES string of the molecule is CC(OC(=O)C(C)(C)C)N1CNC2(C1)c1ccccc1-c1ccccc12. The third-order valence-corrected chi connectivity index (χ3v) is 5.49.